The van der Waals surface area contributed by atoms with Crippen molar-refractivity contribution in [2.75, 3.05) is 12.3 Å². The Balaban J connectivity index is 1.52. The first kappa shape index (κ1) is 13.9. The van der Waals surface area contributed by atoms with Gasteiger partial charge in [-0.2, -0.15) is 0 Å². The minimum absolute atomic E-state index is 0.235. The van der Waals surface area contributed by atoms with Crippen LogP contribution in [0.15, 0.2) is 5.16 Å². The third-order valence-electron chi connectivity index (χ3n) is 4.19. The number of carbonyl (C=O) groups is 1. The number of nitrogens with one attached hydrogen (secondary N) is 1. The highest BCUT2D eigenvalue weighted by Crippen LogP contribution is 2.38. The Kier molecular flexibility index (Phi) is 4.29. The lowest BCUT2D eigenvalue weighted by molar-refractivity contribution is -0.132. The van der Waals surface area contributed by atoms with Crippen LogP contribution >= 0.6 is 11.8 Å². The van der Waals surface area contributed by atoms with E-state index >= 15 is 0 Å². The van der Waals surface area contributed by atoms with Gasteiger partial charge in [-0.15, -0.1) is 5.10 Å². The molecule has 1 N–H and O–H groups in total. The Morgan fingerprint density at radius 2 is 2.25 bits per heavy atom. The van der Waals surface area contributed by atoms with Crippen molar-refractivity contribution in [2.45, 2.75) is 62.6 Å². The Bertz CT molecular complexity index is 471. The second-order valence-corrected chi connectivity index (χ2v) is 6.65. The standard InChI is InChI=1S/C14H22N4OS/c1-2-11-5-3-4-8-18(11)12(19)9-20-14-15-13(16-17-14)10-6-7-10/h10-11H,2-9H2,1H3,(H,15,16,17). The van der Waals surface area contributed by atoms with Gasteiger partial charge in [0.25, 0.3) is 0 Å². The maximum absolute atomic E-state index is 12.3. The topological polar surface area (TPSA) is 61.9 Å². The number of aromatic nitrogens is 3. The number of rotatable bonds is 5. The lowest BCUT2D eigenvalue weighted by atomic mass is 10.0. The number of hydrogen-bond acceptors (Lipinski definition) is 4. The second kappa shape index (κ2) is 6.16. The monoisotopic (exact) mass is 294 g/mol. The Morgan fingerprint density at radius 3 is 3.00 bits per heavy atom. The summed E-state index contributed by atoms with van der Waals surface area (Å²) in [6.07, 6.45) is 7.02. The normalized spacial score (nSPS) is 23.1. The van der Waals surface area contributed by atoms with E-state index in [4.69, 9.17) is 0 Å². The van der Waals surface area contributed by atoms with Crippen molar-refractivity contribution < 1.29 is 4.79 Å². The van der Waals surface area contributed by atoms with Crippen LogP contribution in [0.2, 0.25) is 0 Å². The molecule has 1 saturated heterocycles. The molecule has 20 heavy (non-hydrogen) atoms. The minimum atomic E-state index is 0.235. The number of carbonyl (C=O) groups excluding carboxylic acids is 1. The predicted octanol–water partition coefficient (Wildman–Crippen LogP) is 2.57. The van der Waals surface area contributed by atoms with E-state index in [2.05, 4.69) is 27.0 Å². The smallest absolute Gasteiger partial charge is 0.233 e. The van der Waals surface area contributed by atoms with Gasteiger partial charge in [-0.25, -0.2) is 4.98 Å². The molecular weight excluding hydrogens is 272 g/mol. The molecule has 1 aliphatic carbocycles. The van der Waals surface area contributed by atoms with Gasteiger partial charge in [-0.3, -0.25) is 9.89 Å². The molecule has 6 heteroatoms. The molecule has 110 valence electrons. The third kappa shape index (κ3) is 3.16. The molecule has 5 nitrogen and oxygen atoms in total. The Morgan fingerprint density at radius 1 is 1.40 bits per heavy atom. The number of piperidine rings is 1. The third-order valence-corrected chi connectivity index (χ3v) is 5.02. The maximum atomic E-state index is 12.3. The average molecular weight is 294 g/mol. The molecule has 1 saturated carbocycles. The molecule has 2 fully saturated rings. The lowest BCUT2D eigenvalue weighted by Gasteiger charge is -2.35. The van der Waals surface area contributed by atoms with Crippen LogP contribution in [0.25, 0.3) is 0 Å². The number of aromatic amines is 1. The summed E-state index contributed by atoms with van der Waals surface area (Å²) in [7, 11) is 0. The highest BCUT2D eigenvalue weighted by Gasteiger charge is 2.28. The minimum Gasteiger partial charge on any atom is -0.339 e. The molecule has 1 aromatic rings. The maximum Gasteiger partial charge on any atom is 0.233 e. The van der Waals surface area contributed by atoms with Crippen LogP contribution in [0.5, 0.6) is 0 Å². The van der Waals surface area contributed by atoms with Gasteiger partial charge in [0.2, 0.25) is 11.1 Å². The number of likely N-dealkylation sites (tertiary alicyclic amines) is 1. The molecule has 2 heterocycles. The van der Waals surface area contributed by atoms with Crippen molar-refractivity contribution in [3.63, 3.8) is 0 Å². The summed E-state index contributed by atoms with van der Waals surface area (Å²) < 4.78 is 0. The van der Waals surface area contributed by atoms with Gasteiger partial charge in [0.15, 0.2) is 0 Å². The van der Waals surface area contributed by atoms with Gasteiger partial charge in [0, 0.05) is 18.5 Å². The van der Waals surface area contributed by atoms with E-state index in [-0.39, 0.29) is 5.91 Å². The quantitative estimate of drug-likeness (QED) is 0.848. The average Bonchev–Trinajstić information content (AvgIpc) is 3.23. The molecule has 0 bridgehead atoms. The van der Waals surface area contributed by atoms with E-state index in [0.29, 0.717) is 22.9 Å². The highest BCUT2D eigenvalue weighted by molar-refractivity contribution is 7.99. The molecule has 1 atom stereocenters. The van der Waals surface area contributed by atoms with Crippen LogP contribution in [0.1, 0.15) is 57.2 Å². The number of H-pyrrole nitrogens is 1. The van der Waals surface area contributed by atoms with Crippen molar-refractivity contribution >= 4 is 17.7 Å². The number of thioether (sulfide) groups is 1. The first-order valence-corrected chi connectivity index (χ1v) is 8.61. The first-order chi connectivity index (χ1) is 9.78. The molecule has 3 rings (SSSR count). The summed E-state index contributed by atoms with van der Waals surface area (Å²) in [5.41, 5.74) is 0. The molecule has 1 amide bonds. The molecule has 0 aromatic carbocycles. The van der Waals surface area contributed by atoms with Crippen molar-refractivity contribution in [2.24, 2.45) is 0 Å². The summed E-state index contributed by atoms with van der Waals surface area (Å²) in [6, 6.07) is 0.436. The molecule has 1 aliphatic heterocycles. The summed E-state index contributed by atoms with van der Waals surface area (Å²) in [5, 5.41) is 7.89. The molecular formula is C14H22N4OS. The van der Waals surface area contributed by atoms with E-state index < -0.39 is 0 Å². The van der Waals surface area contributed by atoms with Crippen LogP contribution in [0, 0.1) is 0 Å². The fourth-order valence-corrected chi connectivity index (χ4v) is 3.52. The van der Waals surface area contributed by atoms with E-state index in [1.807, 2.05) is 0 Å². The molecule has 1 unspecified atom stereocenters. The van der Waals surface area contributed by atoms with Crippen LogP contribution in [0.3, 0.4) is 0 Å². The van der Waals surface area contributed by atoms with Crippen molar-refractivity contribution in [1.82, 2.24) is 20.1 Å². The molecule has 1 aromatic heterocycles. The summed E-state index contributed by atoms with van der Waals surface area (Å²) in [5.74, 6) is 2.26. The highest BCUT2D eigenvalue weighted by atomic mass is 32.2. The number of amides is 1. The van der Waals surface area contributed by atoms with Crippen LogP contribution in [-0.4, -0.2) is 44.3 Å². The fraction of sp³-hybridized carbons (Fsp3) is 0.786. The van der Waals surface area contributed by atoms with Gasteiger partial charge >= 0.3 is 0 Å². The summed E-state index contributed by atoms with van der Waals surface area (Å²) in [6.45, 7) is 3.08. The van der Waals surface area contributed by atoms with Gasteiger partial charge in [-0.05, 0) is 38.5 Å². The zero-order valence-electron chi connectivity index (χ0n) is 12.0. The molecule has 0 spiro atoms. The van der Waals surface area contributed by atoms with E-state index in [1.54, 1.807) is 0 Å². The van der Waals surface area contributed by atoms with Crippen molar-refractivity contribution in [3.05, 3.63) is 5.82 Å². The van der Waals surface area contributed by atoms with E-state index in [9.17, 15) is 4.79 Å². The summed E-state index contributed by atoms with van der Waals surface area (Å²) >= 11 is 1.46. The SMILES string of the molecule is CCC1CCCCN1C(=O)CSc1n[nH]c(C2CC2)n1. The molecule has 2 aliphatic rings. The van der Waals surface area contributed by atoms with Gasteiger partial charge in [-0.1, -0.05) is 18.7 Å². The van der Waals surface area contributed by atoms with Crippen LogP contribution < -0.4 is 0 Å². The fourth-order valence-electron chi connectivity index (χ4n) is 2.82. The number of nitrogens with zero attached hydrogens (tertiary/aromatic N) is 3. The van der Waals surface area contributed by atoms with Crippen LogP contribution in [-0.2, 0) is 4.79 Å². The summed E-state index contributed by atoms with van der Waals surface area (Å²) in [4.78, 5) is 18.8. The second-order valence-electron chi connectivity index (χ2n) is 5.71. The Labute approximate surface area is 123 Å². The predicted molar refractivity (Wildman–Crippen MR) is 78.7 cm³/mol. The van der Waals surface area contributed by atoms with Crippen molar-refractivity contribution in [1.29, 1.82) is 0 Å². The molecule has 0 radical (unpaired) electrons. The van der Waals surface area contributed by atoms with Gasteiger partial charge in [0.05, 0.1) is 5.75 Å². The number of hydrogen-bond donors (Lipinski definition) is 1. The van der Waals surface area contributed by atoms with Crippen LogP contribution in [0.4, 0.5) is 0 Å². The van der Waals surface area contributed by atoms with Gasteiger partial charge < -0.3 is 4.90 Å². The zero-order valence-corrected chi connectivity index (χ0v) is 12.8. The van der Waals surface area contributed by atoms with E-state index in [1.165, 1.54) is 31.0 Å². The largest absolute Gasteiger partial charge is 0.339 e. The van der Waals surface area contributed by atoms with Gasteiger partial charge in [0.1, 0.15) is 5.82 Å². The van der Waals surface area contributed by atoms with E-state index in [0.717, 1.165) is 31.6 Å². The lowest BCUT2D eigenvalue weighted by Crippen LogP contribution is -2.44. The van der Waals surface area contributed by atoms with Crippen molar-refractivity contribution in [3.8, 4) is 0 Å². The first-order valence-electron chi connectivity index (χ1n) is 7.62. The zero-order chi connectivity index (χ0) is 13.9. The Hall–Kier alpha value is -1.04.